The van der Waals surface area contributed by atoms with Crippen LogP contribution < -0.4 is 9.66 Å². The highest BCUT2D eigenvalue weighted by molar-refractivity contribution is 7.87. The number of benzene rings is 3. The van der Waals surface area contributed by atoms with Gasteiger partial charge in [-0.2, -0.15) is 8.42 Å². The Labute approximate surface area is 170 Å². The lowest BCUT2D eigenvalue weighted by Gasteiger charge is -2.11. The zero-order valence-corrected chi connectivity index (χ0v) is 16.9. The third kappa shape index (κ3) is 5.43. The minimum Gasteiger partial charge on any atom is -0.379 e. The van der Waals surface area contributed by atoms with Crippen LogP contribution in [0, 0.1) is 13.8 Å². The second kappa shape index (κ2) is 8.89. The van der Waals surface area contributed by atoms with Crippen molar-refractivity contribution in [1.29, 1.82) is 0 Å². The molecule has 3 rings (SSSR count). The molecule has 6 nitrogen and oxygen atoms in total. The maximum atomic E-state index is 12.5. The zero-order chi connectivity index (χ0) is 20.9. The minimum atomic E-state index is -3.97. The molecule has 0 unspecified atom stereocenters. The third-order valence-electron chi connectivity index (χ3n) is 4.18. The molecule has 0 aromatic heterocycles. The van der Waals surface area contributed by atoms with E-state index >= 15 is 0 Å². The van der Waals surface area contributed by atoms with Crippen LogP contribution in [0.3, 0.4) is 0 Å². The molecule has 0 spiro atoms. The maximum Gasteiger partial charge on any atom is 0.339 e. The Morgan fingerprint density at radius 3 is 2.31 bits per heavy atom. The Hall–Kier alpha value is -3.16. The van der Waals surface area contributed by atoms with Crippen LogP contribution in [-0.2, 0) is 21.6 Å². The van der Waals surface area contributed by atoms with Crippen LogP contribution in [0.25, 0.3) is 0 Å². The van der Waals surface area contributed by atoms with Crippen LogP contribution in [0.1, 0.15) is 27.0 Å². The summed E-state index contributed by atoms with van der Waals surface area (Å²) in [7, 11) is -3.97. The highest BCUT2D eigenvalue weighted by atomic mass is 32.2. The predicted octanol–water partition coefficient (Wildman–Crippen LogP) is 3.93. The van der Waals surface area contributed by atoms with Gasteiger partial charge in [0.25, 0.3) is 5.91 Å². The molecule has 0 radical (unpaired) electrons. The molecule has 3 aromatic carbocycles. The first-order valence-corrected chi connectivity index (χ1v) is 10.3. The molecule has 0 bridgehead atoms. The number of amides is 1. The summed E-state index contributed by atoms with van der Waals surface area (Å²) in [5.74, 6) is -0.322. The number of carbonyl (C=O) groups excluding carboxylic acids is 1. The lowest BCUT2D eigenvalue weighted by atomic mass is 10.2. The van der Waals surface area contributed by atoms with Gasteiger partial charge >= 0.3 is 10.1 Å². The maximum absolute atomic E-state index is 12.5. The van der Waals surface area contributed by atoms with Gasteiger partial charge in [-0.15, -0.1) is 0 Å². The molecule has 7 heteroatoms. The SMILES string of the molecule is Cc1ccc(C)c(S(=O)(=O)Oc2ccc(C(=O)NOCc3ccccc3)cc2)c1. The minimum absolute atomic E-state index is 0.118. The quantitative estimate of drug-likeness (QED) is 0.471. The summed E-state index contributed by atoms with van der Waals surface area (Å²) in [6.07, 6.45) is 0. The highest BCUT2D eigenvalue weighted by Crippen LogP contribution is 2.22. The van der Waals surface area contributed by atoms with Gasteiger partial charge in [0.15, 0.2) is 0 Å². The van der Waals surface area contributed by atoms with Gasteiger partial charge in [0.1, 0.15) is 10.6 Å². The van der Waals surface area contributed by atoms with Crippen LogP contribution in [0.4, 0.5) is 0 Å². The van der Waals surface area contributed by atoms with Crippen LogP contribution in [0.5, 0.6) is 5.75 Å². The normalized spacial score (nSPS) is 11.1. The predicted molar refractivity (Wildman–Crippen MR) is 109 cm³/mol. The topological polar surface area (TPSA) is 81.7 Å². The van der Waals surface area contributed by atoms with E-state index in [1.54, 1.807) is 19.1 Å². The monoisotopic (exact) mass is 411 g/mol. The van der Waals surface area contributed by atoms with Gasteiger partial charge in [-0.3, -0.25) is 9.63 Å². The molecular formula is C22H21NO5S. The summed E-state index contributed by atoms with van der Waals surface area (Å²) < 4.78 is 30.3. The first-order valence-electron chi connectivity index (χ1n) is 8.93. The van der Waals surface area contributed by atoms with Crippen molar-refractivity contribution in [2.45, 2.75) is 25.3 Å². The van der Waals surface area contributed by atoms with Gasteiger partial charge in [-0.25, -0.2) is 5.48 Å². The largest absolute Gasteiger partial charge is 0.379 e. The molecule has 29 heavy (non-hydrogen) atoms. The van der Waals surface area contributed by atoms with Crippen LogP contribution in [0.2, 0.25) is 0 Å². The Morgan fingerprint density at radius 1 is 0.931 bits per heavy atom. The standard InChI is InChI=1S/C22H21NO5S/c1-16-8-9-17(2)21(14-16)29(25,26)28-20-12-10-19(11-13-20)22(24)23-27-15-18-6-4-3-5-7-18/h3-14H,15H2,1-2H3,(H,23,24). The Balaban J connectivity index is 1.62. The van der Waals surface area contributed by atoms with Crippen molar-refractivity contribution in [2.75, 3.05) is 0 Å². The van der Waals surface area contributed by atoms with E-state index in [9.17, 15) is 13.2 Å². The van der Waals surface area contributed by atoms with E-state index in [2.05, 4.69) is 5.48 Å². The van der Waals surface area contributed by atoms with E-state index < -0.39 is 16.0 Å². The number of hydrogen-bond donors (Lipinski definition) is 1. The van der Waals surface area contributed by atoms with Crippen LogP contribution in [0.15, 0.2) is 77.7 Å². The van der Waals surface area contributed by atoms with E-state index in [0.717, 1.165) is 11.1 Å². The lowest BCUT2D eigenvalue weighted by Crippen LogP contribution is -2.23. The number of aryl methyl sites for hydroxylation is 2. The fourth-order valence-corrected chi connectivity index (χ4v) is 3.88. The molecule has 0 aliphatic rings. The van der Waals surface area contributed by atoms with Crippen LogP contribution >= 0.6 is 0 Å². The fraction of sp³-hybridized carbons (Fsp3) is 0.136. The van der Waals surface area contributed by atoms with E-state index in [4.69, 9.17) is 9.02 Å². The van der Waals surface area contributed by atoms with Gasteiger partial charge in [0.2, 0.25) is 0 Å². The molecule has 0 aliphatic carbocycles. The third-order valence-corrected chi connectivity index (χ3v) is 5.57. The van der Waals surface area contributed by atoms with Crippen molar-refractivity contribution >= 4 is 16.0 Å². The summed E-state index contributed by atoms with van der Waals surface area (Å²) in [5.41, 5.74) is 5.01. The first-order chi connectivity index (χ1) is 13.8. The van der Waals surface area contributed by atoms with Crippen LogP contribution in [-0.4, -0.2) is 14.3 Å². The number of hydrogen-bond acceptors (Lipinski definition) is 5. The molecule has 1 amide bonds. The summed E-state index contributed by atoms with van der Waals surface area (Å²) in [6.45, 7) is 3.76. The summed E-state index contributed by atoms with van der Waals surface area (Å²) in [6, 6.07) is 20.3. The van der Waals surface area contributed by atoms with E-state index in [0.29, 0.717) is 11.1 Å². The molecule has 0 atom stereocenters. The number of hydroxylamine groups is 1. The van der Waals surface area contributed by atoms with Crippen molar-refractivity contribution in [1.82, 2.24) is 5.48 Å². The molecule has 3 aromatic rings. The van der Waals surface area contributed by atoms with Gasteiger partial charge in [0.05, 0.1) is 6.61 Å². The summed E-state index contributed by atoms with van der Waals surface area (Å²) in [4.78, 5) is 17.5. The molecule has 0 aliphatic heterocycles. The first kappa shape index (κ1) is 20.6. The Kier molecular flexibility index (Phi) is 6.31. The number of nitrogens with one attached hydrogen (secondary N) is 1. The molecule has 1 N–H and O–H groups in total. The zero-order valence-electron chi connectivity index (χ0n) is 16.1. The van der Waals surface area contributed by atoms with Crippen molar-refractivity contribution in [2.24, 2.45) is 0 Å². The summed E-state index contributed by atoms with van der Waals surface area (Å²) >= 11 is 0. The van der Waals surface area contributed by atoms with Gasteiger partial charge in [-0.1, -0.05) is 42.5 Å². The van der Waals surface area contributed by atoms with Crippen molar-refractivity contribution in [3.63, 3.8) is 0 Å². The van der Waals surface area contributed by atoms with E-state index in [1.165, 1.54) is 24.3 Å². The molecule has 0 saturated carbocycles. The van der Waals surface area contributed by atoms with Crippen molar-refractivity contribution in [3.8, 4) is 5.75 Å². The van der Waals surface area contributed by atoms with E-state index in [1.807, 2.05) is 43.3 Å². The number of carbonyl (C=O) groups is 1. The van der Waals surface area contributed by atoms with E-state index in [-0.39, 0.29) is 17.3 Å². The van der Waals surface area contributed by atoms with Crippen molar-refractivity contribution in [3.05, 3.63) is 95.1 Å². The second-order valence-electron chi connectivity index (χ2n) is 6.54. The van der Waals surface area contributed by atoms with Gasteiger partial charge in [-0.05, 0) is 60.9 Å². The lowest BCUT2D eigenvalue weighted by molar-refractivity contribution is 0.0233. The molecule has 0 fully saturated rings. The molecule has 0 heterocycles. The molecular weight excluding hydrogens is 390 g/mol. The number of rotatable bonds is 7. The van der Waals surface area contributed by atoms with Gasteiger partial charge < -0.3 is 4.18 Å². The average Bonchev–Trinajstić information content (AvgIpc) is 2.70. The van der Waals surface area contributed by atoms with Crippen molar-refractivity contribution < 1.29 is 22.2 Å². The molecule has 150 valence electrons. The average molecular weight is 411 g/mol. The smallest absolute Gasteiger partial charge is 0.339 e. The fourth-order valence-electron chi connectivity index (χ4n) is 2.63. The Morgan fingerprint density at radius 2 is 1.62 bits per heavy atom. The van der Waals surface area contributed by atoms with Gasteiger partial charge in [0, 0.05) is 5.56 Å². The highest BCUT2D eigenvalue weighted by Gasteiger charge is 2.19. The molecule has 0 saturated heterocycles. The summed E-state index contributed by atoms with van der Waals surface area (Å²) in [5, 5.41) is 0. The second-order valence-corrected chi connectivity index (χ2v) is 8.05. The Bertz CT molecular complexity index is 1090.